The Bertz CT molecular complexity index is 941. The fourth-order valence-electron chi connectivity index (χ4n) is 5.25. The normalized spacial score (nSPS) is 23.2. The van der Waals surface area contributed by atoms with Crippen molar-refractivity contribution in [2.24, 2.45) is 17.3 Å². The lowest BCUT2D eigenvalue weighted by molar-refractivity contribution is -0.757. The van der Waals surface area contributed by atoms with E-state index in [0.29, 0.717) is 25.7 Å². The molecule has 188 valence electrons. The van der Waals surface area contributed by atoms with Gasteiger partial charge in [0, 0.05) is 29.4 Å². The van der Waals surface area contributed by atoms with E-state index >= 15 is 0 Å². The Hall–Kier alpha value is -2.98. The highest BCUT2D eigenvalue weighted by Gasteiger charge is 2.59. The lowest BCUT2D eigenvalue weighted by atomic mass is 9.44. The van der Waals surface area contributed by atoms with Crippen molar-refractivity contribution in [3.8, 4) is 11.5 Å². The number of alkyl halides is 2. The van der Waals surface area contributed by atoms with Gasteiger partial charge in [0.1, 0.15) is 17.3 Å². The van der Waals surface area contributed by atoms with Crippen LogP contribution >= 0.6 is 0 Å². The van der Waals surface area contributed by atoms with Crippen LogP contribution < -0.4 is 0 Å². The molecule has 3 aliphatic rings. The molecule has 3 saturated carbocycles. The number of ether oxygens (including phenoxy) is 1. The summed E-state index contributed by atoms with van der Waals surface area (Å²) in [5, 5.41) is 30.1. The second-order valence-electron chi connectivity index (χ2n) is 9.60. The summed E-state index contributed by atoms with van der Waals surface area (Å²) < 4.78 is 34.0. The average molecular weight is 485 g/mol. The third-order valence-corrected chi connectivity index (χ3v) is 7.23. The number of phenols is 2. The number of aromatic hydroxyl groups is 2. The summed E-state index contributed by atoms with van der Waals surface area (Å²) in [7, 11) is 0. The number of benzene rings is 1. The molecule has 2 N–H and O–H groups in total. The molecule has 0 spiro atoms. The van der Waals surface area contributed by atoms with Crippen LogP contribution in [0.4, 0.5) is 8.78 Å². The summed E-state index contributed by atoms with van der Waals surface area (Å²) in [6.07, 6.45) is 2.46. The van der Waals surface area contributed by atoms with Crippen molar-refractivity contribution in [1.29, 1.82) is 0 Å². The summed E-state index contributed by atoms with van der Waals surface area (Å²) in [5.41, 5.74) is -1.15. The maximum atomic E-state index is 14.7. The van der Waals surface area contributed by atoms with Gasteiger partial charge in [-0.15, -0.1) is 10.1 Å². The van der Waals surface area contributed by atoms with E-state index in [9.17, 15) is 38.7 Å². The number of unbranched alkanes of at least 4 members (excludes halogenated alkanes) is 3. The van der Waals surface area contributed by atoms with Crippen LogP contribution in [0.3, 0.4) is 0 Å². The number of fused-ring (bicyclic) bond motifs is 2. The van der Waals surface area contributed by atoms with Crippen LogP contribution in [0.15, 0.2) is 12.1 Å². The number of esters is 1. The Labute approximate surface area is 195 Å². The fourth-order valence-corrected chi connectivity index (χ4v) is 5.25. The van der Waals surface area contributed by atoms with Crippen LogP contribution in [0, 0.1) is 27.4 Å². The van der Waals surface area contributed by atoms with E-state index in [4.69, 9.17) is 0 Å². The van der Waals surface area contributed by atoms with Gasteiger partial charge in [-0.1, -0.05) is 20.3 Å². The number of rotatable bonds is 11. The maximum Gasteiger partial charge on any atom is 0.381 e. The second kappa shape index (κ2) is 9.71. The number of phenolic OH excluding ortho intramolecular Hbond substituents is 2. The van der Waals surface area contributed by atoms with Crippen LogP contribution in [0.5, 0.6) is 11.5 Å². The lowest BCUT2D eigenvalue weighted by Crippen LogP contribution is -2.56. The summed E-state index contributed by atoms with van der Waals surface area (Å²) >= 11 is 0. The Kier molecular flexibility index (Phi) is 7.32. The zero-order valence-electron chi connectivity index (χ0n) is 19.1. The largest absolute Gasteiger partial charge is 0.508 e. The monoisotopic (exact) mass is 485 g/mol. The first-order valence-electron chi connectivity index (χ1n) is 11.3. The van der Waals surface area contributed by atoms with E-state index in [1.807, 2.05) is 13.8 Å². The quantitative estimate of drug-likeness (QED) is 0.206. The Balaban J connectivity index is 1.60. The molecule has 34 heavy (non-hydrogen) atoms. The molecule has 3 aliphatic carbocycles. The van der Waals surface area contributed by atoms with Crippen molar-refractivity contribution >= 4 is 11.8 Å². The molecule has 0 aromatic heterocycles. The SMILES string of the molecule is CC1(C)[C@@H]2C[C@@H]1[C@@H](c1c(O)cc(C(F)(F)C(=O)OCCCCCCO[N+](=O)[O-])cc1O)CC2=O. The zero-order valence-corrected chi connectivity index (χ0v) is 19.1. The van der Waals surface area contributed by atoms with E-state index in [0.717, 1.165) is 12.1 Å². The van der Waals surface area contributed by atoms with Crippen LogP contribution in [0.1, 0.15) is 69.4 Å². The van der Waals surface area contributed by atoms with Gasteiger partial charge >= 0.3 is 11.9 Å². The molecule has 0 heterocycles. The highest BCUT2D eigenvalue weighted by atomic mass is 19.3. The van der Waals surface area contributed by atoms with Crippen molar-refractivity contribution in [3.63, 3.8) is 0 Å². The molecular formula is C23H29F2NO8. The summed E-state index contributed by atoms with van der Waals surface area (Å²) in [5.74, 6) is -7.59. The topological polar surface area (TPSA) is 136 Å². The predicted molar refractivity (Wildman–Crippen MR) is 114 cm³/mol. The number of carbonyl (C=O) groups is 2. The van der Waals surface area contributed by atoms with Crippen molar-refractivity contribution in [2.45, 2.75) is 64.2 Å². The van der Waals surface area contributed by atoms with Crippen molar-refractivity contribution in [1.82, 2.24) is 0 Å². The zero-order chi connectivity index (χ0) is 25.3. The minimum absolute atomic E-state index is 0.0226. The summed E-state index contributed by atoms with van der Waals surface area (Å²) in [4.78, 5) is 38.6. The van der Waals surface area contributed by atoms with Crippen LogP contribution in [0.2, 0.25) is 0 Å². The molecule has 11 heteroatoms. The highest BCUT2D eigenvalue weighted by Crippen LogP contribution is 2.64. The first-order chi connectivity index (χ1) is 15.9. The highest BCUT2D eigenvalue weighted by molar-refractivity contribution is 5.86. The molecule has 2 bridgehead atoms. The number of hydrogen-bond donors (Lipinski definition) is 2. The predicted octanol–water partition coefficient (Wildman–Crippen LogP) is 4.22. The molecule has 3 atom stereocenters. The van der Waals surface area contributed by atoms with Crippen molar-refractivity contribution in [3.05, 3.63) is 33.4 Å². The smallest absolute Gasteiger partial charge is 0.381 e. The number of nitrogens with zero attached hydrogens (tertiary/aromatic N) is 1. The number of halogens is 2. The second-order valence-corrected chi connectivity index (χ2v) is 9.60. The molecule has 0 unspecified atom stereocenters. The Morgan fingerprint density at radius 3 is 2.29 bits per heavy atom. The maximum absolute atomic E-state index is 14.7. The molecule has 0 amide bonds. The average Bonchev–Trinajstić information content (AvgIpc) is 2.73. The van der Waals surface area contributed by atoms with Gasteiger partial charge in [-0.25, -0.2) is 4.79 Å². The standard InChI is InChI=1S/C23H29F2NO8/c1-22(2)15-12-16(22)17(27)11-14(15)20-18(28)9-13(10-19(20)29)23(24,25)21(30)33-7-5-3-4-6-8-34-26(31)32/h9-10,14-16,28-29H,3-8,11-12H2,1-2H3/t14-,15+,16+/m0/s1. The summed E-state index contributed by atoms with van der Waals surface area (Å²) in [6, 6.07) is 1.49. The third kappa shape index (κ3) is 4.92. The molecule has 3 fully saturated rings. The van der Waals surface area contributed by atoms with E-state index < -0.39 is 40.0 Å². The molecule has 0 radical (unpaired) electrons. The van der Waals surface area contributed by atoms with Gasteiger partial charge in [0.25, 0.3) is 5.09 Å². The molecule has 0 saturated heterocycles. The van der Waals surface area contributed by atoms with Gasteiger partial charge in [0.05, 0.1) is 13.2 Å². The first-order valence-corrected chi connectivity index (χ1v) is 11.3. The minimum atomic E-state index is -4.10. The van der Waals surface area contributed by atoms with Crippen molar-refractivity contribution in [2.75, 3.05) is 13.2 Å². The minimum Gasteiger partial charge on any atom is -0.508 e. The van der Waals surface area contributed by atoms with E-state index in [2.05, 4.69) is 9.57 Å². The van der Waals surface area contributed by atoms with Gasteiger partial charge < -0.3 is 19.8 Å². The van der Waals surface area contributed by atoms with Gasteiger partial charge in [-0.2, -0.15) is 8.78 Å². The molecular weight excluding hydrogens is 456 g/mol. The molecule has 1 aromatic carbocycles. The third-order valence-electron chi connectivity index (χ3n) is 7.23. The molecule has 9 nitrogen and oxygen atoms in total. The van der Waals surface area contributed by atoms with Crippen LogP contribution in [-0.2, 0) is 25.1 Å². The Morgan fingerprint density at radius 1 is 1.18 bits per heavy atom. The number of ketones is 1. The lowest BCUT2D eigenvalue weighted by Gasteiger charge is -2.59. The van der Waals surface area contributed by atoms with Gasteiger partial charge in [0.15, 0.2) is 0 Å². The first kappa shape index (κ1) is 25.6. The van der Waals surface area contributed by atoms with Gasteiger partial charge in [-0.3, -0.25) is 4.79 Å². The van der Waals surface area contributed by atoms with Crippen LogP contribution in [-0.4, -0.2) is 40.3 Å². The number of hydrogen-bond acceptors (Lipinski definition) is 8. The van der Waals surface area contributed by atoms with Gasteiger partial charge in [0.2, 0.25) is 0 Å². The van der Waals surface area contributed by atoms with E-state index in [1.54, 1.807) is 0 Å². The van der Waals surface area contributed by atoms with Crippen molar-refractivity contribution < 1.29 is 43.2 Å². The fraction of sp³-hybridized carbons (Fsp3) is 0.652. The summed E-state index contributed by atoms with van der Waals surface area (Å²) in [6.45, 7) is 3.55. The van der Waals surface area contributed by atoms with Crippen LogP contribution in [0.25, 0.3) is 0 Å². The molecule has 4 rings (SSSR count). The number of Topliss-reactive ketones (excluding diaryl/α,β-unsaturated/α-hetero) is 1. The Morgan fingerprint density at radius 2 is 1.76 bits per heavy atom. The molecule has 0 aliphatic heterocycles. The van der Waals surface area contributed by atoms with E-state index in [1.165, 1.54) is 0 Å². The molecule has 1 aromatic rings. The van der Waals surface area contributed by atoms with Gasteiger partial charge in [-0.05, 0) is 49.1 Å². The van der Waals surface area contributed by atoms with E-state index in [-0.39, 0.29) is 54.7 Å². The number of carbonyl (C=O) groups excluding carboxylic acids is 2.